The molecule has 6 nitrogen and oxygen atoms in total. The van der Waals surface area contributed by atoms with E-state index in [2.05, 4.69) is 135 Å². The molecule has 0 aliphatic rings. The van der Waals surface area contributed by atoms with E-state index in [0.717, 1.165) is 82.3 Å². The Morgan fingerprint density at radius 3 is 1.55 bits per heavy atom. The molecule has 0 N–H and O–H groups in total. The lowest BCUT2D eigenvalue weighted by Crippen LogP contribution is -2.06. The number of para-hydroxylation sites is 5. The van der Waals surface area contributed by atoms with Crippen LogP contribution in [-0.2, 0) is 0 Å². The van der Waals surface area contributed by atoms with Crippen LogP contribution in [0.25, 0.3) is 104 Å². The van der Waals surface area contributed by atoms with Gasteiger partial charge in [0.05, 0.1) is 55.4 Å². The van der Waals surface area contributed by atoms with E-state index in [-0.39, 0.29) is 0 Å². The van der Waals surface area contributed by atoms with Crippen LogP contribution < -0.4 is 0 Å². The zero-order valence-electron chi connectivity index (χ0n) is 29.7. The summed E-state index contributed by atoms with van der Waals surface area (Å²) >= 11 is 0. The maximum Gasteiger partial charge on any atom is 0.145 e. The number of hydrogen-bond donors (Lipinski definition) is 0. The van der Waals surface area contributed by atoms with Gasteiger partial charge in [-0.1, -0.05) is 91.0 Å². The third kappa shape index (κ3) is 3.92. The topological polar surface area (TPSA) is 75.5 Å². The van der Waals surface area contributed by atoms with Gasteiger partial charge in [-0.15, -0.1) is 0 Å². The maximum absolute atomic E-state index is 11.2. The molecule has 0 bridgehead atoms. The number of furan rings is 1. The molecule has 12 rings (SSSR count). The van der Waals surface area contributed by atoms with Crippen LogP contribution in [0.3, 0.4) is 0 Å². The van der Waals surface area contributed by atoms with E-state index in [4.69, 9.17) is 4.42 Å². The molecular formula is C50H27N5O. The lowest BCUT2D eigenvalue weighted by atomic mass is 10.0. The van der Waals surface area contributed by atoms with Gasteiger partial charge in [-0.05, 0) is 72.8 Å². The first-order chi connectivity index (χ1) is 27.7. The number of rotatable bonds is 3. The molecule has 0 unspecified atom stereocenters. The first-order valence-electron chi connectivity index (χ1n) is 18.6. The van der Waals surface area contributed by atoms with E-state index in [0.29, 0.717) is 22.5 Å². The predicted molar refractivity (Wildman–Crippen MR) is 226 cm³/mol. The van der Waals surface area contributed by atoms with Crippen molar-refractivity contribution in [3.05, 3.63) is 175 Å². The van der Waals surface area contributed by atoms with Gasteiger partial charge in [-0.25, -0.2) is 0 Å². The van der Waals surface area contributed by atoms with Gasteiger partial charge in [-0.3, -0.25) is 0 Å². The molecular weight excluding hydrogens is 687 g/mol. The van der Waals surface area contributed by atoms with Crippen molar-refractivity contribution in [2.75, 3.05) is 0 Å². The van der Waals surface area contributed by atoms with Gasteiger partial charge in [-0.2, -0.15) is 10.5 Å². The third-order valence-corrected chi connectivity index (χ3v) is 11.5. The summed E-state index contributed by atoms with van der Waals surface area (Å²) in [4.78, 5) is 0. The molecule has 6 heteroatoms. The highest BCUT2D eigenvalue weighted by Crippen LogP contribution is 2.44. The second kappa shape index (κ2) is 11.2. The van der Waals surface area contributed by atoms with Gasteiger partial charge in [0.25, 0.3) is 0 Å². The molecule has 0 amide bonds. The smallest absolute Gasteiger partial charge is 0.145 e. The van der Waals surface area contributed by atoms with Crippen LogP contribution in [0, 0.1) is 22.7 Å². The van der Waals surface area contributed by atoms with Crippen LogP contribution in [0.2, 0.25) is 0 Å². The van der Waals surface area contributed by atoms with Crippen molar-refractivity contribution in [3.8, 4) is 29.2 Å². The number of fused-ring (bicyclic) bond motifs is 13. The summed E-state index contributed by atoms with van der Waals surface area (Å²) in [6, 6.07) is 61.2. The summed E-state index contributed by atoms with van der Waals surface area (Å²) in [5.41, 5.74) is 10.6. The number of nitriles is 2. The molecule has 0 spiro atoms. The minimum Gasteiger partial charge on any atom is -0.455 e. The number of benzene rings is 8. The SMILES string of the molecule is N#Cc1ccc(-n2c3ccc(-n4c5ccccc5c5ccccc54)cc3c3c4oc5ccccc5c4ccc32)c(C#N)c1-n1c2ccccc2c2ccccc21. The average Bonchev–Trinajstić information content (AvgIpc) is 3.99. The molecule has 56 heavy (non-hydrogen) atoms. The van der Waals surface area contributed by atoms with Crippen LogP contribution in [-0.4, -0.2) is 13.7 Å². The number of aromatic nitrogens is 3. The summed E-state index contributed by atoms with van der Waals surface area (Å²) in [6.07, 6.45) is 0. The highest BCUT2D eigenvalue weighted by atomic mass is 16.3. The van der Waals surface area contributed by atoms with E-state index in [9.17, 15) is 10.5 Å². The third-order valence-electron chi connectivity index (χ3n) is 11.5. The van der Waals surface area contributed by atoms with Gasteiger partial charge in [0.2, 0.25) is 0 Å². The molecule has 258 valence electrons. The first kappa shape index (κ1) is 30.4. The Morgan fingerprint density at radius 1 is 0.411 bits per heavy atom. The van der Waals surface area contributed by atoms with Gasteiger partial charge in [0.15, 0.2) is 0 Å². The molecule has 0 atom stereocenters. The summed E-state index contributed by atoms with van der Waals surface area (Å²) in [6.45, 7) is 0. The van der Waals surface area contributed by atoms with Crippen molar-refractivity contribution in [2.45, 2.75) is 0 Å². The fourth-order valence-corrected chi connectivity index (χ4v) is 9.24. The molecule has 4 aromatic heterocycles. The fraction of sp³-hybridized carbons (Fsp3) is 0. The molecule has 12 aromatic rings. The Bertz CT molecular complexity index is 3640. The Morgan fingerprint density at radius 2 is 0.946 bits per heavy atom. The van der Waals surface area contributed by atoms with Crippen LogP contribution in [0.1, 0.15) is 11.1 Å². The molecule has 0 saturated carbocycles. The normalized spacial score (nSPS) is 11.9. The molecule has 0 fully saturated rings. The Kier molecular flexibility index (Phi) is 6.10. The second-order valence-corrected chi connectivity index (χ2v) is 14.3. The summed E-state index contributed by atoms with van der Waals surface area (Å²) in [5, 5.41) is 30.4. The molecule has 0 aliphatic carbocycles. The van der Waals surface area contributed by atoms with Crippen molar-refractivity contribution < 1.29 is 4.42 Å². The van der Waals surface area contributed by atoms with E-state index in [1.165, 1.54) is 10.8 Å². The molecule has 0 radical (unpaired) electrons. The van der Waals surface area contributed by atoms with Gasteiger partial charge < -0.3 is 18.1 Å². The van der Waals surface area contributed by atoms with E-state index in [1.54, 1.807) is 0 Å². The Labute approximate surface area is 319 Å². The monoisotopic (exact) mass is 713 g/mol. The highest BCUT2D eigenvalue weighted by Gasteiger charge is 2.25. The molecule has 8 aromatic carbocycles. The van der Waals surface area contributed by atoms with E-state index >= 15 is 0 Å². The quantitative estimate of drug-likeness (QED) is 0.183. The summed E-state index contributed by atoms with van der Waals surface area (Å²) in [5.74, 6) is 0. The maximum atomic E-state index is 11.2. The standard InChI is InChI=1S/C50H27N5O/c51-28-30-21-24-45(39(29-52)49(30)55-42-18-8-3-13-34(42)35-14-4-9-19-43(35)55)54-44-25-22-31(53-40-16-6-1-11-32(40)33-12-2-7-17-41(33)53)27-38(44)48-46(54)26-23-37-36-15-5-10-20-47(36)56-50(37)48/h1-27H. The largest absolute Gasteiger partial charge is 0.455 e. The van der Waals surface area contributed by atoms with Gasteiger partial charge in [0, 0.05) is 43.4 Å². The van der Waals surface area contributed by atoms with Crippen molar-refractivity contribution in [1.29, 1.82) is 10.5 Å². The molecule has 4 heterocycles. The molecule has 0 aliphatic heterocycles. The second-order valence-electron chi connectivity index (χ2n) is 14.3. The highest BCUT2D eigenvalue weighted by molar-refractivity contribution is 6.24. The lowest BCUT2D eigenvalue weighted by Gasteiger charge is -2.17. The number of hydrogen-bond acceptors (Lipinski definition) is 3. The summed E-state index contributed by atoms with van der Waals surface area (Å²) in [7, 11) is 0. The van der Waals surface area contributed by atoms with Crippen LogP contribution in [0.15, 0.2) is 168 Å². The number of nitrogens with zero attached hydrogens (tertiary/aromatic N) is 5. The van der Waals surface area contributed by atoms with E-state index < -0.39 is 0 Å². The Hall–Kier alpha value is -8.06. The van der Waals surface area contributed by atoms with Gasteiger partial charge >= 0.3 is 0 Å². The minimum absolute atomic E-state index is 0.408. The van der Waals surface area contributed by atoms with Crippen molar-refractivity contribution in [1.82, 2.24) is 13.7 Å². The summed E-state index contributed by atoms with van der Waals surface area (Å²) < 4.78 is 13.3. The van der Waals surface area contributed by atoms with Crippen molar-refractivity contribution in [3.63, 3.8) is 0 Å². The van der Waals surface area contributed by atoms with Crippen LogP contribution in [0.4, 0.5) is 0 Å². The zero-order chi connectivity index (χ0) is 37.1. The zero-order valence-corrected chi connectivity index (χ0v) is 29.7. The van der Waals surface area contributed by atoms with E-state index in [1.807, 2.05) is 54.6 Å². The Balaban J connectivity index is 1.23. The van der Waals surface area contributed by atoms with Crippen molar-refractivity contribution >= 4 is 87.4 Å². The van der Waals surface area contributed by atoms with Crippen LogP contribution >= 0.6 is 0 Å². The predicted octanol–water partition coefficient (Wildman–Crippen LogP) is 12.6. The van der Waals surface area contributed by atoms with Gasteiger partial charge in [0.1, 0.15) is 28.9 Å². The minimum atomic E-state index is 0.408. The lowest BCUT2D eigenvalue weighted by molar-refractivity contribution is 0.673. The first-order valence-corrected chi connectivity index (χ1v) is 18.6. The van der Waals surface area contributed by atoms with Crippen LogP contribution in [0.5, 0.6) is 0 Å². The fourth-order valence-electron chi connectivity index (χ4n) is 9.24. The van der Waals surface area contributed by atoms with Crippen molar-refractivity contribution in [2.24, 2.45) is 0 Å². The molecule has 0 saturated heterocycles. The average molecular weight is 714 g/mol.